The summed E-state index contributed by atoms with van der Waals surface area (Å²) in [5, 5.41) is 8.77. The molecular weight excluding hydrogens is 414 g/mol. The Labute approximate surface area is 176 Å². The lowest BCUT2D eigenvalue weighted by molar-refractivity contribution is -0.0333. The number of aryl methyl sites for hydroxylation is 1. The Morgan fingerprint density at radius 1 is 1.37 bits per heavy atom. The topological polar surface area (TPSA) is 110 Å². The average molecular weight is 444 g/mol. The maximum absolute atomic E-state index is 14.6. The van der Waals surface area contributed by atoms with Crippen molar-refractivity contribution in [1.29, 1.82) is 5.26 Å². The van der Waals surface area contributed by atoms with E-state index in [4.69, 9.17) is 19.0 Å². The Balaban J connectivity index is 2.08. The van der Waals surface area contributed by atoms with Crippen LogP contribution in [0.3, 0.4) is 0 Å². The summed E-state index contributed by atoms with van der Waals surface area (Å²) in [5.74, 6) is 0. The summed E-state index contributed by atoms with van der Waals surface area (Å²) in [6.07, 6.45) is -1.46. The first-order valence-electron chi connectivity index (χ1n) is 9.98. The molecule has 0 saturated carbocycles. The van der Waals surface area contributed by atoms with E-state index in [-0.39, 0.29) is 38.1 Å². The molecule has 0 amide bonds. The van der Waals surface area contributed by atoms with E-state index >= 15 is 0 Å². The molecule has 9 nitrogen and oxygen atoms in total. The molecule has 168 valence electrons. The molecule has 0 aromatic carbocycles. The molecule has 1 aromatic heterocycles. The van der Waals surface area contributed by atoms with Crippen LogP contribution in [0.5, 0.6) is 0 Å². The lowest BCUT2D eigenvalue weighted by Crippen LogP contribution is -2.35. The number of halogens is 1. The van der Waals surface area contributed by atoms with Crippen molar-refractivity contribution in [2.75, 3.05) is 13.2 Å². The van der Waals surface area contributed by atoms with Crippen LogP contribution in [0.2, 0.25) is 0 Å². The number of hydrogen-bond acceptors (Lipinski definition) is 7. The van der Waals surface area contributed by atoms with Crippen LogP contribution in [-0.4, -0.2) is 51.8 Å². The van der Waals surface area contributed by atoms with E-state index < -0.39 is 38.3 Å². The Morgan fingerprint density at radius 2 is 2.03 bits per heavy atom. The van der Waals surface area contributed by atoms with Gasteiger partial charge in [0.2, 0.25) is 0 Å². The van der Waals surface area contributed by atoms with Crippen molar-refractivity contribution in [3.05, 3.63) is 32.6 Å². The molecule has 0 radical (unpaired) electrons. The van der Waals surface area contributed by atoms with Crippen LogP contribution in [0.25, 0.3) is 0 Å². The van der Waals surface area contributed by atoms with Crippen LogP contribution < -0.4 is 11.2 Å². The van der Waals surface area contributed by atoms with Crippen LogP contribution in [0.4, 0.5) is 4.39 Å². The first-order valence-corrected chi connectivity index (χ1v) is 11.1. The molecule has 2 rings (SSSR count). The number of nitriles is 1. The van der Waals surface area contributed by atoms with E-state index in [0.717, 1.165) is 0 Å². The standard InChI is InChI=1S/C19H30FN4O5P/c1-12(2)24(13(3)4)30(27-8-6-7-21)28-11-16-15(20)9-17(29-16)23-10-14(5)18(25)22-19(23)26/h10,12-13,15-17H,6,8-9,11H2,1-5H3,(H,22,25,26)/t15-,16+,17+,30?/m0/s1. The van der Waals surface area contributed by atoms with Gasteiger partial charge in [-0.1, -0.05) is 0 Å². The van der Waals surface area contributed by atoms with E-state index in [0.29, 0.717) is 5.56 Å². The van der Waals surface area contributed by atoms with Gasteiger partial charge >= 0.3 is 5.69 Å². The molecule has 0 aliphatic carbocycles. The smallest absolute Gasteiger partial charge is 0.330 e. The molecule has 0 bridgehead atoms. The number of H-pyrrole nitrogens is 1. The van der Waals surface area contributed by atoms with E-state index in [2.05, 4.69) is 4.98 Å². The van der Waals surface area contributed by atoms with Crippen molar-refractivity contribution in [3.8, 4) is 6.07 Å². The SMILES string of the molecule is Cc1cn([C@H]2C[C@H](F)[C@@H](COP(OCCC#N)N(C(C)C)C(C)C)O2)c(=O)[nH]c1=O. The Hall–Kier alpha value is -1.63. The van der Waals surface area contributed by atoms with Crippen LogP contribution in [0.15, 0.2) is 15.8 Å². The van der Waals surface area contributed by atoms with E-state index in [1.165, 1.54) is 10.8 Å². The Morgan fingerprint density at radius 3 is 2.63 bits per heavy atom. The molecule has 1 aromatic rings. The Kier molecular flexibility index (Phi) is 9.13. The highest BCUT2D eigenvalue weighted by Crippen LogP contribution is 2.46. The lowest BCUT2D eigenvalue weighted by atomic mass is 10.2. The summed E-state index contributed by atoms with van der Waals surface area (Å²) in [5.41, 5.74) is -0.780. The highest BCUT2D eigenvalue weighted by Gasteiger charge is 2.38. The number of aromatic nitrogens is 2. The van der Waals surface area contributed by atoms with E-state index in [1.807, 2.05) is 38.4 Å². The number of nitrogens with zero attached hydrogens (tertiary/aromatic N) is 3. The second-order valence-electron chi connectivity index (χ2n) is 7.70. The molecule has 1 unspecified atom stereocenters. The van der Waals surface area contributed by atoms with Crippen molar-refractivity contribution in [1.82, 2.24) is 14.2 Å². The fourth-order valence-corrected chi connectivity index (χ4v) is 4.88. The summed E-state index contributed by atoms with van der Waals surface area (Å²) in [6, 6.07) is 2.28. The number of alkyl halides is 1. The summed E-state index contributed by atoms with van der Waals surface area (Å²) in [6.45, 7) is 9.78. The van der Waals surface area contributed by atoms with Gasteiger partial charge in [-0.3, -0.25) is 14.3 Å². The van der Waals surface area contributed by atoms with Gasteiger partial charge in [-0.2, -0.15) is 5.26 Å². The maximum Gasteiger partial charge on any atom is 0.330 e. The van der Waals surface area contributed by atoms with Gasteiger partial charge in [0.25, 0.3) is 14.1 Å². The molecule has 1 fully saturated rings. The zero-order chi connectivity index (χ0) is 22.4. The fraction of sp³-hybridized carbons (Fsp3) is 0.737. The van der Waals surface area contributed by atoms with Crippen molar-refractivity contribution < 1.29 is 18.2 Å². The first-order chi connectivity index (χ1) is 14.1. The minimum atomic E-state index is -1.51. The summed E-state index contributed by atoms with van der Waals surface area (Å²) >= 11 is 0. The minimum absolute atomic E-state index is 0.0231. The van der Waals surface area contributed by atoms with Crippen molar-refractivity contribution in [2.24, 2.45) is 0 Å². The van der Waals surface area contributed by atoms with Crippen LogP contribution in [0.1, 0.15) is 52.3 Å². The van der Waals surface area contributed by atoms with E-state index in [9.17, 15) is 14.0 Å². The largest absolute Gasteiger partial charge is 0.349 e. The highest BCUT2D eigenvalue weighted by atomic mass is 31.2. The highest BCUT2D eigenvalue weighted by molar-refractivity contribution is 7.44. The minimum Gasteiger partial charge on any atom is -0.349 e. The third kappa shape index (κ3) is 6.19. The lowest BCUT2D eigenvalue weighted by Gasteiger charge is -2.36. The van der Waals surface area contributed by atoms with Gasteiger partial charge in [-0.05, 0) is 34.6 Å². The van der Waals surface area contributed by atoms with Crippen molar-refractivity contribution in [2.45, 2.75) is 78.0 Å². The maximum atomic E-state index is 14.6. The second kappa shape index (κ2) is 11.1. The van der Waals surface area contributed by atoms with Gasteiger partial charge in [0, 0.05) is 30.3 Å². The van der Waals surface area contributed by atoms with Crippen LogP contribution >= 0.6 is 8.53 Å². The number of nitrogens with one attached hydrogen (secondary N) is 1. The van der Waals surface area contributed by atoms with Gasteiger partial charge in [0.05, 0.1) is 25.7 Å². The van der Waals surface area contributed by atoms with Gasteiger partial charge in [0.15, 0.2) is 0 Å². The number of ether oxygens (including phenoxy) is 1. The molecule has 30 heavy (non-hydrogen) atoms. The van der Waals surface area contributed by atoms with Crippen molar-refractivity contribution in [3.63, 3.8) is 0 Å². The van der Waals surface area contributed by atoms with Crippen molar-refractivity contribution >= 4 is 8.53 Å². The molecule has 1 saturated heterocycles. The Bertz CT molecular complexity index is 845. The summed E-state index contributed by atoms with van der Waals surface area (Å²) in [7, 11) is -1.51. The quantitative estimate of drug-likeness (QED) is 0.436. The predicted molar refractivity (Wildman–Crippen MR) is 111 cm³/mol. The molecule has 1 N–H and O–H groups in total. The zero-order valence-corrected chi connectivity index (χ0v) is 18.9. The normalized spacial score (nSPS) is 22.7. The fourth-order valence-electron chi connectivity index (χ4n) is 3.26. The third-order valence-electron chi connectivity index (χ3n) is 4.63. The second-order valence-corrected chi connectivity index (χ2v) is 9.16. The monoisotopic (exact) mass is 444 g/mol. The number of rotatable bonds is 10. The first kappa shape index (κ1) is 24.6. The van der Waals surface area contributed by atoms with Gasteiger partial charge in [-0.25, -0.2) is 13.9 Å². The molecular formula is C19H30FN4O5P. The van der Waals surface area contributed by atoms with Crippen LogP contribution in [0, 0.1) is 18.3 Å². The van der Waals surface area contributed by atoms with Gasteiger partial charge < -0.3 is 13.8 Å². The zero-order valence-electron chi connectivity index (χ0n) is 18.0. The number of aromatic amines is 1. The van der Waals surface area contributed by atoms with E-state index in [1.54, 1.807) is 6.92 Å². The molecule has 1 aliphatic heterocycles. The average Bonchev–Trinajstić information content (AvgIpc) is 3.02. The third-order valence-corrected chi connectivity index (χ3v) is 6.70. The molecule has 1 aliphatic rings. The van der Waals surface area contributed by atoms with Gasteiger partial charge in [-0.15, -0.1) is 0 Å². The van der Waals surface area contributed by atoms with Crippen LogP contribution in [-0.2, 0) is 13.8 Å². The summed E-state index contributed by atoms with van der Waals surface area (Å²) in [4.78, 5) is 25.8. The summed E-state index contributed by atoms with van der Waals surface area (Å²) < 4.78 is 35.3. The van der Waals surface area contributed by atoms with Gasteiger partial charge in [0.1, 0.15) is 18.5 Å². The number of hydrogen-bond donors (Lipinski definition) is 1. The molecule has 11 heteroatoms. The predicted octanol–water partition coefficient (Wildman–Crippen LogP) is 2.76. The molecule has 0 spiro atoms. The molecule has 4 atom stereocenters. The molecule has 2 heterocycles.